The molecule has 1 N–H and O–H groups in total. The molecule has 1 fully saturated rings. The van der Waals surface area contributed by atoms with E-state index in [-0.39, 0.29) is 11.7 Å². The van der Waals surface area contributed by atoms with Gasteiger partial charge >= 0.3 is 0 Å². The fourth-order valence-corrected chi connectivity index (χ4v) is 3.80. The quantitative estimate of drug-likeness (QED) is 0.558. The van der Waals surface area contributed by atoms with E-state index < -0.39 is 5.72 Å². The third kappa shape index (κ3) is 4.05. The molecule has 2 rings (SSSR count). The number of ketones is 1. The minimum Gasteiger partial charge on any atom is -0.368 e. The van der Waals surface area contributed by atoms with E-state index in [0.717, 1.165) is 45.3 Å². The average molecular weight is 332 g/mol. The minimum atomic E-state index is -1.40. The lowest BCUT2D eigenvalue weighted by atomic mass is 9.85. The summed E-state index contributed by atoms with van der Waals surface area (Å²) in [6.45, 7) is 7.80. The highest BCUT2D eigenvalue weighted by atomic mass is 16.3. The molecule has 0 bridgehead atoms. The van der Waals surface area contributed by atoms with Crippen molar-refractivity contribution in [1.29, 1.82) is 0 Å². The van der Waals surface area contributed by atoms with Crippen molar-refractivity contribution in [2.24, 2.45) is 5.92 Å². The molecule has 1 atom stereocenters. The number of nitrogens with zero attached hydrogens (tertiary/aromatic N) is 2. The molecule has 0 heterocycles. The molecule has 0 unspecified atom stereocenters. The molecule has 0 aromatic heterocycles. The van der Waals surface area contributed by atoms with Gasteiger partial charge in [-0.1, -0.05) is 57.0 Å². The number of carbonyl (C=O) groups excluding carboxylic acids is 1. The maximum absolute atomic E-state index is 13.2. The molecule has 1 aromatic carbocycles. The van der Waals surface area contributed by atoms with Gasteiger partial charge in [0.05, 0.1) is 0 Å². The van der Waals surface area contributed by atoms with Gasteiger partial charge in [-0.25, -0.2) is 0 Å². The number of hydrogen-bond acceptors (Lipinski definition) is 4. The number of aliphatic hydroxyl groups is 1. The fourth-order valence-electron chi connectivity index (χ4n) is 3.80. The van der Waals surface area contributed by atoms with E-state index in [9.17, 15) is 9.90 Å². The first-order valence-corrected chi connectivity index (χ1v) is 9.29. The van der Waals surface area contributed by atoms with Crippen molar-refractivity contribution < 1.29 is 9.90 Å². The van der Waals surface area contributed by atoms with Crippen LogP contribution in [0.3, 0.4) is 0 Å². The van der Waals surface area contributed by atoms with Gasteiger partial charge in [-0.15, -0.1) is 0 Å². The highest BCUT2D eigenvalue weighted by molar-refractivity contribution is 6.02. The van der Waals surface area contributed by atoms with Gasteiger partial charge in [-0.05, 0) is 33.0 Å². The van der Waals surface area contributed by atoms with Crippen molar-refractivity contribution in [3.05, 3.63) is 35.9 Å². The molecule has 1 saturated carbocycles. The van der Waals surface area contributed by atoms with E-state index in [1.807, 2.05) is 30.1 Å². The zero-order valence-electron chi connectivity index (χ0n) is 15.4. The Hall–Kier alpha value is -1.23. The van der Waals surface area contributed by atoms with Crippen LogP contribution in [0.1, 0.15) is 49.9 Å². The maximum atomic E-state index is 13.2. The molecule has 0 radical (unpaired) electrons. The van der Waals surface area contributed by atoms with Gasteiger partial charge < -0.3 is 10.0 Å². The van der Waals surface area contributed by atoms with E-state index in [1.54, 1.807) is 12.1 Å². The number of hydrogen-bond donors (Lipinski definition) is 1. The van der Waals surface area contributed by atoms with Crippen LogP contribution in [0.25, 0.3) is 0 Å². The maximum Gasteiger partial charge on any atom is 0.209 e. The van der Waals surface area contributed by atoms with Gasteiger partial charge in [0.2, 0.25) is 5.78 Å². The monoisotopic (exact) mass is 332 g/mol. The zero-order chi connectivity index (χ0) is 17.6. The normalized spacial score (nSPS) is 18.2. The van der Waals surface area contributed by atoms with Crippen LogP contribution >= 0.6 is 0 Å². The van der Waals surface area contributed by atoms with Gasteiger partial charge in [0.15, 0.2) is 5.72 Å². The van der Waals surface area contributed by atoms with Crippen LogP contribution in [0.4, 0.5) is 0 Å². The first-order chi connectivity index (χ1) is 11.5. The Balaban J connectivity index is 2.21. The molecule has 0 aliphatic heterocycles. The Kier molecular flexibility index (Phi) is 6.96. The summed E-state index contributed by atoms with van der Waals surface area (Å²) < 4.78 is 0. The summed E-state index contributed by atoms with van der Waals surface area (Å²) in [5.74, 6) is -0.135. The van der Waals surface area contributed by atoms with E-state index in [1.165, 1.54) is 0 Å². The lowest BCUT2D eigenvalue weighted by Gasteiger charge is -2.41. The first-order valence-electron chi connectivity index (χ1n) is 9.29. The Labute approximate surface area is 146 Å². The summed E-state index contributed by atoms with van der Waals surface area (Å²) in [6, 6.07) is 9.23. The second kappa shape index (κ2) is 8.75. The largest absolute Gasteiger partial charge is 0.368 e. The van der Waals surface area contributed by atoms with Crippen LogP contribution in [-0.4, -0.2) is 59.6 Å². The molecule has 24 heavy (non-hydrogen) atoms. The van der Waals surface area contributed by atoms with Crippen LogP contribution in [-0.2, 0) is 0 Å². The van der Waals surface area contributed by atoms with Gasteiger partial charge in [0.1, 0.15) is 0 Å². The molecule has 4 heteroatoms. The number of benzene rings is 1. The smallest absolute Gasteiger partial charge is 0.209 e. The second-order valence-corrected chi connectivity index (χ2v) is 6.85. The molecule has 0 saturated heterocycles. The molecule has 1 aromatic rings. The topological polar surface area (TPSA) is 43.8 Å². The third-order valence-corrected chi connectivity index (χ3v) is 5.52. The van der Waals surface area contributed by atoms with E-state index in [4.69, 9.17) is 0 Å². The average Bonchev–Trinajstić information content (AvgIpc) is 3.17. The Morgan fingerprint density at radius 3 is 2.25 bits per heavy atom. The van der Waals surface area contributed by atoms with E-state index in [2.05, 4.69) is 18.7 Å². The zero-order valence-corrected chi connectivity index (χ0v) is 15.4. The summed E-state index contributed by atoms with van der Waals surface area (Å²) >= 11 is 0. The molecule has 134 valence electrons. The summed E-state index contributed by atoms with van der Waals surface area (Å²) in [6.07, 6.45) is 4.03. The lowest BCUT2D eigenvalue weighted by Crippen LogP contribution is -2.59. The molecular formula is C20H32N2O2. The fraction of sp³-hybridized carbons (Fsp3) is 0.650. The van der Waals surface area contributed by atoms with Crippen molar-refractivity contribution in [1.82, 2.24) is 9.80 Å². The van der Waals surface area contributed by atoms with Crippen LogP contribution < -0.4 is 0 Å². The summed E-state index contributed by atoms with van der Waals surface area (Å²) in [4.78, 5) is 17.4. The van der Waals surface area contributed by atoms with Crippen molar-refractivity contribution in [3.63, 3.8) is 0 Å². The molecule has 1 aliphatic rings. The van der Waals surface area contributed by atoms with Crippen LogP contribution in [0, 0.1) is 5.92 Å². The number of carbonyl (C=O) groups is 1. The van der Waals surface area contributed by atoms with Gasteiger partial charge in [0, 0.05) is 24.6 Å². The standard InChI is InChI=1S/C20H32N2O2/c1-4-22(5-2)16-15-21(3)20(24,18-13-9-10-14-18)19(23)17-11-7-6-8-12-17/h6-8,11-12,18,24H,4-5,9-10,13-16H2,1-3H3/t20-/m1/s1. The first kappa shape index (κ1) is 19.1. The van der Waals surface area contributed by atoms with Crippen LogP contribution in [0.2, 0.25) is 0 Å². The van der Waals surface area contributed by atoms with Crippen LogP contribution in [0.15, 0.2) is 30.3 Å². The lowest BCUT2D eigenvalue weighted by molar-refractivity contribution is -0.103. The third-order valence-electron chi connectivity index (χ3n) is 5.52. The van der Waals surface area contributed by atoms with E-state index in [0.29, 0.717) is 12.1 Å². The van der Waals surface area contributed by atoms with Crippen molar-refractivity contribution in [2.45, 2.75) is 45.3 Å². The minimum absolute atomic E-state index is 0.0203. The van der Waals surface area contributed by atoms with Crippen molar-refractivity contribution in [2.75, 3.05) is 33.2 Å². The van der Waals surface area contributed by atoms with Crippen molar-refractivity contribution in [3.8, 4) is 0 Å². The Morgan fingerprint density at radius 2 is 1.71 bits per heavy atom. The second-order valence-electron chi connectivity index (χ2n) is 6.85. The van der Waals surface area contributed by atoms with Gasteiger partial charge in [-0.2, -0.15) is 0 Å². The van der Waals surface area contributed by atoms with Gasteiger partial charge in [0.25, 0.3) is 0 Å². The highest BCUT2D eigenvalue weighted by Crippen LogP contribution is 2.37. The summed E-state index contributed by atoms with van der Waals surface area (Å²) in [7, 11) is 1.89. The molecule has 0 amide bonds. The van der Waals surface area contributed by atoms with Gasteiger partial charge in [-0.3, -0.25) is 9.69 Å². The molecule has 4 nitrogen and oxygen atoms in total. The molecular weight excluding hydrogens is 300 g/mol. The predicted molar refractivity (Wildman–Crippen MR) is 98.1 cm³/mol. The summed E-state index contributed by atoms with van der Waals surface area (Å²) in [5, 5.41) is 11.5. The number of rotatable bonds is 9. The highest BCUT2D eigenvalue weighted by Gasteiger charge is 2.48. The Morgan fingerprint density at radius 1 is 1.12 bits per heavy atom. The van der Waals surface area contributed by atoms with Crippen molar-refractivity contribution >= 4 is 5.78 Å². The molecule has 0 spiro atoms. The Bertz CT molecular complexity index is 510. The SMILES string of the molecule is CCN(CC)CCN(C)[C@](O)(C(=O)c1ccccc1)C1CCCC1. The molecule has 1 aliphatic carbocycles. The van der Waals surface area contributed by atoms with E-state index >= 15 is 0 Å². The number of Topliss-reactive ketones (excluding diaryl/α,β-unsaturated/α-hetero) is 1. The summed E-state index contributed by atoms with van der Waals surface area (Å²) in [5.41, 5.74) is -0.799. The number of likely N-dealkylation sites (N-methyl/N-ethyl adjacent to an activating group) is 2. The van der Waals surface area contributed by atoms with Crippen LogP contribution in [0.5, 0.6) is 0 Å². The predicted octanol–water partition coefficient (Wildman–Crippen LogP) is 3.02.